The minimum atomic E-state index is -3.77. The Morgan fingerprint density at radius 1 is 0.968 bits per heavy atom. The second-order valence-electron chi connectivity index (χ2n) is 8.65. The molecule has 0 amide bonds. The number of ether oxygens (including phenoxy) is 1. The fourth-order valence-corrected chi connectivity index (χ4v) is 5.64. The molecule has 2 aromatic rings. The van der Waals surface area contributed by atoms with Gasteiger partial charge >= 0.3 is 0 Å². The van der Waals surface area contributed by atoms with Crippen LogP contribution in [0.5, 0.6) is 0 Å². The maximum absolute atomic E-state index is 14.6. The van der Waals surface area contributed by atoms with E-state index in [1.165, 1.54) is 5.57 Å². The van der Waals surface area contributed by atoms with Crippen LogP contribution in [0.25, 0.3) is 11.1 Å². The van der Waals surface area contributed by atoms with Crippen LogP contribution in [0.1, 0.15) is 56.1 Å². The van der Waals surface area contributed by atoms with E-state index in [4.69, 9.17) is 9.88 Å². The third-order valence-electron chi connectivity index (χ3n) is 6.68. The molecule has 2 aromatic carbocycles. The van der Waals surface area contributed by atoms with Crippen molar-refractivity contribution in [1.82, 2.24) is 0 Å². The van der Waals surface area contributed by atoms with Crippen molar-refractivity contribution in [2.75, 3.05) is 0 Å². The van der Waals surface area contributed by atoms with Gasteiger partial charge in [0.1, 0.15) is 17.2 Å². The first-order valence-corrected chi connectivity index (χ1v) is 12.8. The summed E-state index contributed by atoms with van der Waals surface area (Å²) in [6.45, 7) is 0. The Bertz CT molecular complexity index is 1220. The second kappa shape index (κ2) is 7.54. The molecule has 1 heterocycles. The zero-order chi connectivity index (χ0) is 21.8. The number of rotatable bonds is 3. The predicted octanol–water partition coefficient (Wildman–Crippen LogP) is 4.67. The van der Waals surface area contributed by atoms with E-state index in [1.54, 1.807) is 36.4 Å². The van der Waals surface area contributed by atoms with E-state index >= 15 is 0 Å². The van der Waals surface area contributed by atoms with E-state index in [-0.39, 0.29) is 10.7 Å². The summed E-state index contributed by atoms with van der Waals surface area (Å²) >= 11 is 0. The first-order valence-electron chi connectivity index (χ1n) is 10.6. The van der Waals surface area contributed by atoms with Crippen molar-refractivity contribution in [3.8, 4) is 0 Å². The molecule has 3 aliphatic rings. The molecule has 2 saturated carbocycles. The zero-order valence-corrected chi connectivity index (χ0v) is 19.1. The molecular weight excluding hydrogens is 432 g/mol. The van der Waals surface area contributed by atoms with Crippen LogP contribution in [-0.4, -0.2) is 14.0 Å². The molecule has 31 heavy (non-hydrogen) atoms. The monoisotopic (exact) mass is 457 g/mol. The van der Waals surface area contributed by atoms with Crippen LogP contribution >= 0.6 is 9.24 Å². The van der Waals surface area contributed by atoms with Crippen LogP contribution in [0.15, 0.2) is 58.7 Å². The number of nitrogens with two attached hydrogens (primary N) is 1. The molecule has 5 rings (SSSR count). The molecule has 0 aromatic heterocycles. The third-order valence-corrected chi connectivity index (χ3v) is 8.08. The lowest BCUT2D eigenvalue weighted by Gasteiger charge is -2.29. The van der Waals surface area contributed by atoms with Crippen LogP contribution in [0.4, 0.5) is 4.39 Å². The lowest BCUT2D eigenvalue weighted by atomic mass is 9.81. The maximum atomic E-state index is 14.6. The Labute approximate surface area is 184 Å². The highest BCUT2D eigenvalue weighted by atomic mass is 32.2. The highest BCUT2D eigenvalue weighted by Crippen LogP contribution is 2.57. The number of hydrogen-bond donors (Lipinski definition) is 1. The average molecular weight is 458 g/mol. The Morgan fingerprint density at radius 2 is 1.61 bits per heavy atom. The SMILES string of the molecule is NS(=O)(=O)c1ccc(C2=C(c3ccc(P)c(F)c3)C(=C3CCC3)OC23CCCC3)cc1. The molecule has 1 spiro atoms. The van der Waals surface area contributed by atoms with Crippen molar-refractivity contribution < 1.29 is 17.5 Å². The Morgan fingerprint density at radius 3 is 2.16 bits per heavy atom. The predicted molar refractivity (Wildman–Crippen MR) is 124 cm³/mol. The van der Waals surface area contributed by atoms with Crippen molar-refractivity contribution in [3.63, 3.8) is 0 Å². The molecule has 0 saturated heterocycles. The van der Waals surface area contributed by atoms with E-state index in [9.17, 15) is 12.8 Å². The van der Waals surface area contributed by atoms with Gasteiger partial charge in [-0.25, -0.2) is 17.9 Å². The van der Waals surface area contributed by atoms with Crippen LogP contribution in [0.2, 0.25) is 0 Å². The maximum Gasteiger partial charge on any atom is 0.238 e. The van der Waals surface area contributed by atoms with Crippen LogP contribution in [0, 0.1) is 5.82 Å². The minimum Gasteiger partial charge on any atom is -0.482 e. The minimum absolute atomic E-state index is 0.0776. The summed E-state index contributed by atoms with van der Waals surface area (Å²) in [5.41, 5.74) is 4.52. The quantitative estimate of drug-likeness (QED) is 0.682. The number of allylic oxidation sites excluding steroid dienone is 2. The van der Waals surface area contributed by atoms with Gasteiger partial charge in [-0.15, -0.1) is 9.24 Å². The van der Waals surface area contributed by atoms with Crippen molar-refractivity contribution in [1.29, 1.82) is 0 Å². The van der Waals surface area contributed by atoms with E-state index in [2.05, 4.69) is 9.24 Å². The number of halogens is 1. The molecule has 162 valence electrons. The lowest BCUT2D eigenvalue weighted by molar-refractivity contribution is 0.0786. The Hall–Kier alpha value is -2.01. The molecule has 2 fully saturated rings. The fraction of sp³-hybridized carbons (Fsp3) is 0.333. The summed E-state index contributed by atoms with van der Waals surface area (Å²) in [6, 6.07) is 12.0. The lowest BCUT2D eigenvalue weighted by Crippen LogP contribution is -2.26. The smallest absolute Gasteiger partial charge is 0.238 e. The van der Waals surface area contributed by atoms with E-state index in [0.717, 1.165) is 73.0 Å². The molecule has 1 unspecified atom stereocenters. The van der Waals surface area contributed by atoms with Crippen molar-refractivity contribution in [2.45, 2.75) is 55.4 Å². The van der Waals surface area contributed by atoms with Gasteiger partial charge in [0.2, 0.25) is 10.0 Å². The molecule has 1 aliphatic heterocycles. The molecule has 1 atom stereocenters. The van der Waals surface area contributed by atoms with Gasteiger partial charge in [0.15, 0.2) is 0 Å². The molecule has 0 radical (unpaired) electrons. The van der Waals surface area contributed by atoms with Crippen LogP contribution in [-0.2, 0) is 14.8 Å². The highest BCUT2D eigenvalue weighted by Gasteiger charge is 2.49. The zero-order valence-electron chi connectivity index (χ0n) is 17.2. The van der Waals surface area contributed by atoms with Gasteiger partial charge in [0.05, 0.1) is 4.90 Å². The van der Waals surface area contributed by atoms with E-state index in [1.807, 2.05) is 6.07 Å². The van der Waals surface area contributed by atoms with Gasteiger partial charge in [0.25, 0.3) is 0 Å². The Kier molecular flexibility index (Phi) is 5.08. The van der Waals surface area contributed by atoms with E-state index in [0.29, 0.717) is 5.30 Å². The highest BCUT2D eigenvalue weighted by molar-refractivity contribution is 7.89. The first kappa shape index (κ1) is 20.9. The normalized spacial score (nSPS) is 20.4. The van der Waals surface area contributed by atoms with Gasteiger partial charge < -0.3 is 4.74 Å². The van der Waals surface area contributed by atoms with Crippen molar-refractivity contribution in [2.24, 2.45) is 5.14 Å². The average Bonchev–Trinajstić information content (AvgIpc) is 3.27. The van der Waals surface area contributed by atoms with Crippen molar-refractivity contribution in [3.05, 3.63) is 70.7 Å². The Balaban J connectivity index is 1.77. The standard InChI is InChI=1S/C24H25FNO3PS/c25-19-14-17(8-11-20(19)30)21-22(15-6-9-18(10-7-15)31(26,27)28)24(12-1-2-13-24)29-23(21)16-4-3-5-16/h6-11,14H,1-5,12-13,30H2,(H2,26,27,28). The second-order valence-corrected chi connectivity index (χ2v) is 10.8. The fourth-order valence-electron chi connectivity index (χ4n) is 4.94. The largest absolute Gasteiger partial charge is 0.482 e. The van der Waals surface area contributed by atoms with Gasteiger partial charge in [-0.1, -0.05) is 24.3 Å². The summed E-state index contributed by atoms with van der Waals surface area (Å²) in [5.74, 6) is 0.624. The number of hydrogen-bond acceptors (Lipinski definition) is 3. The molecule has 4 nitrogen and oxygen atoms in total. The number of benzene rings is 2. The summed E-state index contributed by atoms with van der Waals surface area (Å²) in [5, 5.41) is 5.82. The van der Waals surface area contributed by atoms with Gasteiger partial charge in [0, 0.05) is 16.5 Å². The summed E-state index contributed by atoms with van der Waals surface area (Å²) in [4.78, 5) is 0.0776. The van der Waals surface area contributed by atoms with Gasteiger partial charge in [-0.05, 0) is 79.8 Å². The first-order chi connectivity index (χ1) is 14.8. The van der Waals surface area contributed by atoms with E-state index < -0.39 is 15.6 Å². The topological polar surface area (TPSA) is 69.4 Å². The van der Waals surface area contributed by atoms with Crippen molar-refractivity contribution >= 4 is 35.7 Å². The molecule has 7 heteroatoms. The van der Waals surface area contributed by atoms with Gasteiger partial charge in [-0.3, -0.25) is 0 Å². The molecule has 0 bridgehead atoms. The van der Waals surface area contributed by atoms with Gasteiger partial charge in [-0.2, -0.15) is 0 Å². The third kappa shape index (κ3) is 3.55. The number of primary sulfonamides is 1. The number of sulfonamides is 1. The van der Waals surface area contributed by atoms with Crippen LogP contribution < -0.4 is 10.4 Å². The molecule has 2 aliphatic carbocycles. The summed E-state index contributed by atoms with van der Waals surface area (Å²) in [7, 11) is -1.35. The molecule has 2 N–H and O–H groups in total. The molecular formula is C24H25FNO3PS. The summed E-state index contributed by atoms with van der Waals surface area (Å²) in [6.07, 6.45) is 7.04. The van der Waals surface area contributed by atoms with Crippen LogP contribution in [0.3, 0.4) is 0 Å². The summed E-state index contributed by atoms with van der Waals surface area (Å²) < 4.78 is 44.8.